The van der Waals surface area contributed by atoms with Crippen LogP contribution in [0.1, 0.15) is 30.0 Å². The van der Waals surface area contributed by atoms with Gasteiger partial charge in [-0.25, -0.2) is 4.98 Å². The third-order valence-electron chi connectivity index (χ3n) is 5.70. The van der Waals surface area contributed by atoms with Crippen molar-refractivity contribution in [2.75, 3.05) is 0 Å². The van der Waals surface area contributed by atoms with E-state index in [1.807, 2.05) is 19.1 Å². The van der Waals surface area contributed by atoms with E-state index < -0.39 is 23.1 Å². The van der Waals surface area contributed by atoms with Crippen molar-refractivity contribution in [3.05, 3.63) is 83.7 Å². The van der Waals surface area contributed by atoms with Crippen LogP contribution in [0.2, 0.25) is 0 Å². The molecule has 1 fully saturated rings. The van der Waals surface area contributed by atoms with Crippen molar-refractivity contribution in [3.63, 3.8) is 0 Å². The second kappa shape index (κ2) is 9.81. The monoisotopic (exact) mass is 527 g/mol. The van der Waals surface area contributed by atoms with Crippen LogP contribution in [-0.4, -0.2) is 26.4 Å². The molecule has 3 aromatic carbocycles. The second-order valence-corrected chi connectivity index (χ2v) is 9.59. The van der Waals surface area contributed by atoms with Crippen molar-refractivity contribution in [2.24, 2.45) is 0 Å². The van der Waals surface area contributed by atoms with Crippen LogP contribution < -0.4 is 14.8 Å². The van der Waals surface area contributed by atoms with E-state index in [1.165, 1.54) is 12.1 Å². The quantitative estimate of drug-likeness (QED) is 0.289. The first-order valence-electron chi connectivity index (χ1n) is 11.3. The zero-order valence-electron chi connectivity index (χ0n) is 19.3. The second-order valence-electron chi connectivity index (χ2n) is 8.42. The van der Waals surface area contributed by atoms with Gasteiger partial charge >= 0.3 is 6.18 Å². The van der Waals surface area contributed by atoms with Crippen LogP contribution >= 0.6 is 11.8 Å². The fraction of sp³-hybridized carbons (Fsp3) is 0.192. The van der Waals surface area contributed by atoms with Crippen LogP contribution in [0.5, 0.6) is 17.2 Å². The molecule has 0 radical (unpaired) electrons. The zero-order valence-corrected chi connectivity index (χ0v) is 20.2. The standard InChI is InChI=1S/C26H20F3N3O4S/c1-14(35-17-6-2-15(3-7-17)12-22-24(33)32-25(34)37-22)23-30-20-11-10-19(13-21(20)31-23)36-18-8-4-16(5-9-18)26(27,28)29/h2-11,13-14,22H,12H2,1H3,(H,30,31)(H,32,33,34). The maximum atomic E-state index is 12.8. The predicted molar refractivity (Wildman–Crippen MR) is 132 cm³/mol. The van der Waals surface area contributed by atoms with E-state index in [0.29, 0.717) is 34.8 Å². The molecule has 1 aliphatic heterocycles. The molecule has 2 unspecified atom stereocenters. The summed E-state index contributed by atoms with van der Waals surface area (Å²) in [6.45, 7) is 1.84. The minimum Gasteiger partial charge on any atom is -0.483 e. The first-order valence-corrected chi connectivity index (χ1v) is 12.1. The molecule has 0 spiro atoms. The molecule has 0 aliphatic carbocycles. The van der Waals surface area contributed by atoms with E-state index in [1.54, 1.807) is 30.3 Å². The normalized spacial score (nSPS) is 16.6. The Balaban J connectivity index is 1.23. The van der Waals surface area contributed by atoms with E-state index >= 15 is 0 Å². The van der Waals surface area contributed by atoms with E-state index in [0.717, 1.165) is 29.5 Å². The van der Waals surface area contributed by atoms with Gasteiger partial charge < -0.3 is 14.5 Å². The van der Waals surface area contributed by atoms with Crippen molar-refractivity contribution in [1.82, 2.24) is 15.3 Å². The number of carbonyl (C=O) groups excluding carboxylic acids is 2. The number of aromatic nitrogens is 2. The van der Waals surface area contributed by atoms with E-state index in [9.17, 15) is 22.8 Å². The Kier molecular flexibility index (Phi) is 6.55. The van der Waals surface area contributed by atoms with Crippen LogP contribution in [0, 0.1) is 0 Å². The molecule has 1 saturated heterocycles. The smallest absolute Gasteiger partial charge is 0.416 e. The number of imide groups is 1. The molecule has 190 valence electrons. The Labute approximate surface area is 213 Å². The molecular formula is C26H20F3N3O4S. The first-order chi connectivity index (χ1) is 17.6. The lowest BCUT2D eigenvalue weighted by Crippen LogP contribution is -2.25. The van der Waals surface area contributed by atoms with Crippen LogP contribution in [-0.2, 0) is 17.4 Å². The summed E-state index contributed by atoms with van der Waals surface area (Å²) in [5, 5.41) is 1.53. The zero-order chi connectivity index (χ0) is 26.2. The summed E-state index contributed by atoms with van der Waals surface area (Å²) in [4.78, 5) is 30.8. The number of amides is 2. The molecule has 7 nitrogen and oxygen atoms in total. The molecule has 1 aliphatic rings. The van der Waals surface area contributed by atoms with Crippen LogP contribution in [0.25, 0.3) is 11.0 Å². The number of benzene rings is 3. The molecule has 0 saturated carbocycles. The Bertz CT molecular complexity index is 1450. The van der Waals surface area contributed by atoms with Gasteiger partial charge in [0.05, 0.1) is 21.8 Å². The summed E-state index contributed by atoms with van der Waals surface area (Å²) in [6, 6.07) is 16.9. The lowest BCUT2D eigenvalue weighted by molar-refractivity contribution is -0.137. The number of aromatic amines is 1. The van der Waals surface area contributed by atoms with Gasteiger partial charge in [-0.3, -0.25) is 14.9 Å². The topological polar surface area (TPSA) is 93.3 Å². The first kappa shape index (κ1) is 24.7. The highest BCUT2D eigenvalue weighted by Crippen LogP contribution is 2.32. The highest BCUT2D eigenvalue weighted by molar-refractivity contribution is 8.15. The fourth-order valence-corrected chi connectivity index (χ4v) is 4.68. The molecular weight excluding hydrogens is 507 g/mol. The van der Waals surface area contributed by atoms with Crippen LogP contribution in [0.3, 0.4) is 0 Å². The highest BCUT2D eigenvalue weighted by atomic mass is 32.2. The number of nitrogens with zero attached hydrogens (tertiary/aromatic N) is 1. The summed E-state index contributed by atoms with van der Waals surface area (Å²) in [5.74, 6) is 1.65. The third kappa shape index (κ3) is 5.72. The SMILES string of the molecule is CC(Oc1ccc(CC2SC(=O)NC2=O)cc1)c1nc2ccc(Oc3ccc(C(F)(F)F)cc3)cc2[nH]1. The minimum atomic E-state index is -4.40. The maximum Gasteiger partial charge on any atom is 0.416 e. The summed E-state index contributed by atoms with van der Waals surface area (Å²) >= 11 is 0.992. The van der Waals surface area contributed by atoms with Gasteiger partial charge in [-0.1, -0.05) is 23.9 Å². The van der Waals surface area contributed by atoms with Crippen molar-refractivity contribution < 1.29 is 32.2 Å². The number of ether oxygens (including phenoxy) is 2. The fourth-order valence-electron chi connectivity index (χ4n) is 3.82. The average molecular weight is 528 g/mol. The van der Waals surface area contributed by atoms with Gasteiger partial charge in [0.1, 0.15) is 23.1 Å². The Hall–Kier alpha value is -3.99. The number of imidazole rings is 1. The molecule has 37 heavy (non-hydrogen) atoms. The number of hydrogen-bond acceptors (Lipinski definition) is 6. The van der Waals surface area contributed by atoms with Gasteiger partial charge in [0.2, 0.25) is 5.91 Å². The summed E-state index contributed by atoms with van der Waals surface area (Å²) < 4.78 is 50.0. The van der Waals surface area contributed by atoms with Crippen LogP contribution in [0.15, 0.2) is 66.7 Å². The molecule has 2 amide bonds. The summed E-state index contributed by atoms with van der Waals surface area (Å²) in [5.41, 5.74) is 1.54. The van der Waals surface area contributed by atoms with Crippen LogP contribution in [0.4, 0.5) is 18.0 Å². The lowest BCUT2D eigenvalue weighted by atomic mass is 10.1. The number of rotatable bonds is 7. The number of fused-ring (bicyclic) bond motifs is 1. The van der Waals surface area contributed by atoms with E-state index in [-0.39, 0.29) is 16.9 Å². The number of halogens is 3. The van der Waals surface area contributed by atoms with Gasteiger partial charge in [0.15, 0.2) is 6.10 Å². The Morgan fingerprint density at radius 3 is 2.30 bits per heavy atom. The number of H-pyrrole nitrogens is 1. The highest BCUT2D eigenvalue weighted by Gasteiger charge is 2.31. The average Bonchev–Trinajstić information content (AvgIpc) is 3.42. The van der Waals surface area contributed by atoms with Crippen molar-refractivity contribution in [2.45, 2.75) is 30.9 Å². The summed E-state index contributed by atoms with van der Waals surface area (Å²) in [7, 11) is 0. The third-order valence-corrected chi connectivity index (χ3v) is 6.68. The van der Waals surface area contributed by atoms with Gasteiger partial charge in [-0.2, -0.15) is 13.2 Å². The Morgan fingerprint density at radius 2 is 1.65 bits per heavy atom. The minimum absolute atomic E-state index is 0.276. The predicted octanol–water partition coefficient (Wildman–Crippen LogP) is 6.41. The molecule has 5 rings (SSSR count). The molecule has 2 heterocycles. The number of thioether (sulfide) groups is 1. The van der Waals surface area contributed by atoms with E-state index in [4.69, 9.17) is 9.47 Å². The number of nitrogens with one attached hydrogen (secondary N) is 2. The molecule has 11 heteroatoms. The van der Waals surface area contributed by atoms with Crippen molar-refractivity contribution in [3.8, 4) is 17.2 Å². The number of alkyl halides is 3. The number of carbonyl (C=O) groups is 2. The number of hydrogen-bond donors (Lipinski definition) is 2. The maximum absolute atomic E-state index is 12.8. The molecule has 4 aromatic rings. The molecule has 2 N–H and O–H groups in total. The lowest BCUT2D eigenvalue weighted by Gasteiger charge is -2.13. The van der Waals surface area contributed by atoms with Gasteiger partial charge in [0, 0.05) is 6.07 Å². The Morgan fingerprint density at radius 1 is 0.973 bits per heavy atom. The van der Waals surface area contributed by atoms with Crippen molar-refractivity contribution >= 4 is 33.9 Å². The molecule has 0 bridgehead atoms. The van der Waals surface area contributed by atoms with Gasteiger partial charge in [-0.15, -0.1) is 0 Å². The van der Waals surface area contributed by atoms with E-state index in [2.05, 4.69) is 15.3 Å². The van der Waals surface area contributed by atoms with Crippen molar-refractivity contribution in [1.29, 1.82) is 0 Å². The molecule has 1 aromatic heterocycles. The summed E-state index contributed by atoms with van der Waals surface area (Å²) in [6.07, 6.45) is -4.37. The largest absolute Gasteiger partial charge is 0.483 e. The van der Waals surface area contributed by atoms with Gasteiger partial charge in [-0.05, 0) is 67.4 Å². The molecule has 2 atom stereocenters. The van der Waals surface area contributed by atoms with Gasteiger partial charge in [0.25, 0.3) is 5.24 Å².